The summed E-state index contributed by atoms with van der Waals surface area (Å²) < 4.78 is 13.5. The van der Waals surface area contributed by atoms with Crippen LogP contribution in [0.1, 0.15) is 11.3 Å². The van der Waals surface area contributed by atoms with Crippen molar-refractivity contribution in [1.29, 1.82) is 0 Å². The average molecular weight is 219 g/mol. The zero-order valence-corrected chi connectivity index (χ0v) is 8.61. The van der Waals surface area contributed by atoms with Crippen LogP contribution in [0.5, 0.6) is 0 Å². The molecule has 1 heterocycles. The van der Waals surface area contributed by atoms with Gasteiger partial charge in [0.25, 0.3) is 0 Å². The van der Waals surface area contributed by atoms with Gasteiger partial charge in [0.2, 0.25) is 0 Å². The van der Waals surface area contributed by atoms with Crippen LogP contribution in [0.25, 0.3) is 10.8 Å². The quantitative estimate of drug-likeness (QED) is 0.332. The summed E-state index contributed by atoms with van der Waals surface area (Å²) in [5, 5.41) is 12.5. The lowest BCUT2D eigenvalue weighted by atomic mass is 10.0. The molecular weight excluding hydrogens is 209 g/mol. The lowest BCUT2D eigenvalue weighted by molar-refractivity contribution is 0.318. The van der Waals surface area contributed by atoms with Crippen molar-refractivity contribution in [1.82, 2.24) is 4.98 Å². The van der Waals surface area contributed by atoms with Crippen LogP contribution in [0.3, 0.4) is 0 Å². The van der Waals surface area contributed by atoms with Crippen molar-refractivity contribution in [2.24, 2.45) is 10.9 Å². The monoisotopic (exact) mass is 219 g/mol. The summed E-state index contributed by atoms with van der Waals surface area (Å²) >= 11 is 0. The fourth-order valence-corrected chi connectivity index (χ4v) is 1.67. The SMILES string of the molecule is Cc1ccc(F)c2ccnc(C(N)=NO)c12. The van der Waals surface area contributed by atoms with Gasteiger partial charge in [-0.2, -0.15) is 0 Å². The normalized spacial score (nSPS) is 12.0. The van der Waals surface area contributed by atoms with E-state index in [2.05, 4.69) is 10.1 Å². The Hall–Kier alpha value is -2.17. The first-order valence-electron chi connectivity index (χ1n) is 4.67. The summed E-state index contributed by atoms with van der Waals surface area (Å²) in [6.45, 7) is 1.82. The molecule has 1 aromatic carbocycles. The number of aromatic nitrogens is 1. The number of halogens is 1. The third kappa shape index (κ3) is 1.46. The van der Waals surface area contributed by atoms with Gasteiger partial charge in [-0.15, -0.1) is 0 Å². The van der Waals surface area contributed by atoms with Gasteiger partial charge in [-0.05, 0) is 24.6 Å². The van der Waals surface area contributed by atoms with E-state index < -0.39 is 0 Å². The molecule has 0 saturated heterocycles. The fourth-order valence-electron chi connectivity index (χ4n) is 1.67. The molecule has 2 rings (SSSR count). The highest BCUT2D eigenvalue weighted by Crippen LogP contribution is 2.23. The molecule has 0 aliphatic carbocycles. The van der Waals surface area contributed by atoms with Crippen LogP contribution in [0.2, 0.25) is 0 Å². The van der Waals surface area contributed by atoms with Crippen molar-refractivity contribution in [3.8, 4) is 0 Å². The van der Waals surface area contributed by atoms with Gasteiger partial charge in [0, 0.05) is 17.0 Å². The number of nitrogens with two attached hydrogens (primary N) is 1. The molecule has 0 aliphatic heterocycles. The zero-order chi connectivity index (χ0) is 11.7. The predicted octanol–water partition coefficient (Wildman–Crippen LogP) is 1.78. The third-order valence-corrected chi connectivity index (χ3v) is 2.43. The molecule has 5 heteroatoms. The van der Waals surface area contributed by atoms with E-state index in [0.29, 0.717) is 10.8 Å². The van der Waals surface area contributed by atoms with E-state index in [1.54, 1.807) is 12.1 Å². The molecule has 0 unspecified atom stereocenters. The summed E-state index contributed by atoms with van der Waals surface area (Å²) in [7, 11) is 0. The first kappa shape index (κ1) is 10.4. The molecule has 1 aromatic heterocycles. The van der Waals surface area contributed by atoms with Crippen molar-refractivity contribution in [3.05, 3.63) is 41.5 Å². The van der Waals surface area contributed by atoms with Gasteiger partial charge in [-0.3, -0.25) is 4.98 Å². The molecule has 16 heavy (non-hydrogen) atoms. The largest absolute Gasteiger partial charge is 0.409 e. The molecule has 0 spiro atoms. The number of rotatable bonds is 1. The number of fused-ring (bicyclic) bond motifs is 1. The Morgan fingerprint density at radius 2 is 2.19 bits per heavy atom. The fraction of sp³-hybridized carbons (Fsp3) is 0.0909. The molecule has 0 amide bonds. The Morgan fingerprint density at radius 3 is 2.88 bits per heavy atom. The third-order valence-electron chi connectivity index (χ3n) is 2.43. The number of pyridine rings is 1. The van der Waals surface area contributed by atoms with E-state index in [1.165, 1.54) is 12.3 Å². The number of hydrogen-bond acceptors (Lipinski definition) is 3. The number of amidine groups is 1. The van der Waals surface area contributed by atoms with Crippen molar-refractivity contribution < 1.29 is 9.60 Å². The van der Waals surface area contributed by atoms with Crippen molar-refractivity contribution in [2.75, 3.05) is 0 Å². The van der Waals surface area contributed by atoms with Crippen LogP contribution in [0, 0.1) is 12.7 Å². The maximum atomic E-state index is 13.5. The minimum absolute atomic E-state index is 0.126. The highest BCUT2D eigenvalue weighted by molar-refractivity contribution is 6.08. The molecule has 0 fully saturated rings. The first-order valence-corrected chi connectivity index (χ1v) is 4.67. The van der Waals surface area contributed by atoms with Crippen molar-refractivity contribution in [3.63, 3.8) is 0 Å². The first-order chi connectivity index (χ1) is 7.65. The van der Waals surface area contributed by atoms with Crippen LogP contribution >= 0.6 is 0 Å². The maximum Gasteiger partial charge on any atom is 0.189 e. The van der Waals surface area contributed by atoms with Gasteiger partial charge in [0.05, 0.1) is 0 Å². The Morgan fingerprint density at radius 1 is 1.44 bits per heavy atom. The standard InChI is InChI=1S/C11H10FN3O/c1-6-2-3-8(12)7-4-5-14-10(9(6)7)11(13)15-16/h2-5,16H,1H3,(H2,13,15). The molecule has 0 radical (unpaired) electrons. The maximum absolute atomic E-state index is 13.5. The second kappa shape index (κ2) is 3.77. The summed E-state index contributed by atoms with van der Waals surface area (Å²) in [4.78, 5) is 4.00. The van der Waals surface area contributed by atoms with Crippen LogP contribution < -0.4 is 5.73 Å². The zero-order valence-electron chi connectivity index (χ0n) is 8.61. The Kier molecular flexibility index (Phi) is 2.44. The van der Waals surface area contributed by atoms with E-state index >= 15 is 0 Å². The molecule has 4 nitrogen and oxygen atoms in total. The molecule has 0 bridgehead atoms. The smallest absolute Gasteiger partial charge is 0.189 e. The van der Waals surface area contributed by atoms with Crippen LogP contribution in [-0.4, -0.2) is 16.0 Å². The molecule has 0 aliphatic rings. The van der Waals surface area contributed by atoms with Gasteiger partial charge < -0.3 is 10.9 Å². The van der Waals surface area contributed by atoms with Crippen LogP contribution in [-0.2, 0) is 0 Å². The van der Waals surface area contributed by atoms with Gasteiger partial charge in [0.1, 0.15) is 11.5 Å². The second-order valence-corrected chi connectivity index (χ2v) is 3.43. The number of hydrogen-bond donors (Lipinski definition) is 2. The molecular formula is C11H10FN3O. The predicted molar refractivity (Wildman–Crippen MR) is 58.9 cm³/mol. The molecule has 0 atom stereocenters. The topological polar surface area (TPSA) is 71.5 Å². The van der Waals surface area contributed by atoms with Gasteiger partial charge in [-0.25, -0.2) is 4.39 Å². The lowest BCUT2D eigenvalue weighted by Gasteiger charge is -2.07. The summed E-state index contributed by atoms with van der Waals surface area (Å²) in [6.07, 6.45) is 1.43. The minimum atomic E-state index is -0.352. The van der Waals surface area contributed by atoms with E-state index in [9.17, 15) is 4.39 Å². The molecule has 82 valence electrons. The van der Waals surface area contributed by atoms with Gasteiger partial charge >= 0.3 is 0 Å². The summed E-state index contributed by atoms with van der Waals surface area (Å²) in [6, 6.07) is 4.58. The second-order valence-electron chi connectivity index (χ2n) is 3.43. The van der Waals surface area contributed by atoms with Crippen molar-refractivity contribution in [2.45, 2.75) is 6.92 Å². The van der Waals surface area contributed by atoms with E-state index in [0.717, 1.165) is 5.56 Å². The molecule has 2 aromatic rings. The number of aryl methyl sites for hydroxylation is 1. The Balaban J connectivity index is 2.92. The van der Waals surface area contributed by atoms with Gasteiger partial charge in [0.15, 0.2) is 5.84 Å². The van der Waals surface area contributed by atoms with E-state index in [4.69, 9.17) is 10.9 Å². The highest BCUT2D eigenvalue weighted by Gasteiger charge is 2.11. The minimum Gasteiger partial charge on any atom is -0.409 e. The van der Waals surface area contributed by atoms with Crippen LogP contribution in [0.4, 0.5) is 4.39 Å². The average Bonchev–Trinajstić information content (AvgIpc) is 2.32. The Bertz CT molecular complexity index is 581. The Labute approximate surface area is 91.2 Å². The number of oxime groups is 1. The van der Waals surface area contributed by atoms with Gasteiger partial charge in [-0.1, -0.05) is 11.2 Å². The number of nitrogens with zero attached hydrogens (tertiary/aromatic N) is 2. The van der Waals surface area contributed by atoms with Crippen molar-refractivity contribution >= 4 is 16.6 Å². The van der Waals surface area contributed by atoms with E-state index in [-0.39, 0.29) is 17.3 Å². The summed E-state index contributed by atoms with van der Waals surface area (Å²) in [5.74, 6) is -0.478. The number of benzene rings is 1. The summed E-state index contributed by atoms with van der Waals surface area (Å²) in [5.41, 5.74) is 6.61. The molecule has 0 saturated carbocycles. The highest BCUT2D eigenvalue weighted by atomic mass is 19.1. The van der Waals surface area contributed by atoms with E-state index in [1.807, 2.05) is 6.92 Å². The van der Waals surface area contributed by atoms with Crippen LogP contribution in [0.15, 0.2) is 29.6 Å². The lowest BCUT2D eigenvalue weighted by Crippen LogP contribution is -2.16. The molecule has 3 N–H and O–H groups in total.